The molecule has 3 heterocycles. The van der Waals surface area contributed by atoms with Gasteiger partial charge in [0, 0.05) is 30.7 Å². The summed E-state index contributed by atoms with van der Waals surface area (Å²) in [5.41, 5.74) is 4.40. The zero-order valence-corrected chi connectivity index (χ0v) is 22.9. The predicted molar refractivity (Wildman–Crippen MR) is 153 cm³/mol. The first-order valence-corrected chi connectivity index (χ1v) is 13.1. The highest BCUT2D eigenvalue weighted by atomic mass is 16.2. The number of hydrogen-bond donors (Lipinski definition) is 2. The minimum absolute atomic E-state index is 0.245. The first kappa shape index (κ1) is 27.0. The largest absolute Gasteiger partial charge is 0.373 e. The number of carbonyl (C=O) groups is 1. The topological polar surface area (TPSA) is 104 Å². The van der Waals surface area contributed by atoms with Gasteiger partial charge in [0.15, 0.2) is 0 Å². The molecule has 0 saturated carbocycles. The van der Waals surface area contributed by atoms with Crippen molar-refractivity contribution in [3.63, 3.8) is 0 Å². The van der Waals surface area contributed by atoms with Crippen LogP contribution in [-0.2, 0) is 6.54 Å². The molecule has 0 saturated heterocycles. The number of hydrogen-bond acceptors (Lipinski definition) is 7. The molecule has 10 heteroatoms. The molecule has 4 aromatic rings. The molecule has 1 aromatic carbocycles. The first-order chi connectivity index (χ1) is 18.4. The van der Waals surface area contributed by atoms with Gasteiger partial charge >= 0.3 is 6.03 Å². The maximum absolute atomic E-state index is 13.7. The summed E-state index contributed by atoms with van der Waals surface area (Å²) in [6.45, 7) is 12.2. The van der Waals surface area contributed by atoms with Crippen molar-refractivity contribution >= 4 is 34.3 Å². The van der Waals surface area contributed by atoms with Crippen LogP contribution in [0.3, 0.4) is 0 Å². The lowest BCUT2D eigenvalue weighted by molar-refractivity contribution is 0.255. The van der Waals surface area contributed by atoms with Gasteiger partial charge < -0.3 is 15.5 Å². The van der Waals surface area contributed by atoms with Crippen molar-refractivity contribution in [2.45, 2.75) is 40.7 Å². The van der Waals surface area contributed by atoms with Gasteiger partial charge in [-0.2, -0.15) is 5.10 Å². The number of rotatable bonds is 11. The average Bonchev–Trinajstić information content (AvgIpc) is 3.24. The quantitative estimate of drug-likeness (QED) is 0.298. The number of urea groups is 1. The fraction of sp³-hybridized carbons (Fsp3) is 0.393. The van der Waals surface area contributed by atoms with Crippen LogP contribution in [-0.4, -0.2) is 68.9 Å². The number of amides is 2. The summed E-state index contributed by atoms with van der Waals surface area (Å²) in [5, 5.41) is 11.9. The van der Waals surface area contributed by atoms with E-state index in [0.29, 0.717) is 30.4 Å². The van der Waals surface area contributed by atoms with E-state index in [1.807, 2.05) is 54.9 Å². The Kier molecular flexibility index (Phi) is 8.85. The summed E-state index contributed by atoms with van der Waals surface area (Å²) < 4.78 is 1.94. The molecule has 0 fully saturated rings. The fourth-order valence-electron chi connectivity index (χ4n) is 4.61. The number of aryl methyl sites for hydroxylation is 2. The molecule has 38 heavy (non-hydrogen) atoms. The van der Waals surface area contributed by atoms with Gasteiger partial charge in [0.25, 0.3) is 0 Å². The monoisotopic (exact) mass is 515 g/mol. The second kappa shape index (κ2) is 12.5. The fourth-order valence-corrected chi connectivity index (χ4v) is 4.61. The molecule has 0 radical (unpaired) electrons. The number of nitrogens with zero attached hydrogens (tertiary/aromatic N) is 7. The maximum atomic E-state index is 13.7. The van der Waals surface area contributed by atoms with E-state index in [1.54, 1.807) is 18.0 Å². The van der Waals surface area contributed by atoms with Gasteiger partial charge in [-0.05, 0) is 64.2 Å². The van der Waals surface area contributed by atoms with Gasteiger partial charge in [-0.15, -0.1) is 0 Å². The normalized spacial score (nSPS) is 11.2. The third-order valence-corrected chi connectivity index (χ3v) is 6.63. The van der Waals surface area contributed by atoms with Crippen LogP contribution < -0.4 is 15.5 Å². The van der Waals surface area contributed by atoms with Crippen LogP contribution in [0.15, 0.2) is 48.8 Å². The standard InChI is InChI=1S/C28H37N9O/c1-6-35(7-2)15-10-16-36(26-17-25(29-5)30-19-31-26)28(38)33-23-13-9-14-24-27(23)21(4)34-37(24)18-22-12-8-11-20(3)32-22/h8-9,11-14,17,19H,6-7,10,15-16,18H2,1-5H3,(H,33,38)(H,29,30,31). The van der Waals surface area contributed by atoms with Crippen molar-refractivity contribution in [2.24, 2.45) is 0 Å². The number of carbonyl (C=O) groups excluding carboxylic acids is 1. The Hall–Kier alpha value is -4.05. The lowest BCUT2D eigenvalue weighted by Crippen LogP contribution is -2.38. The van der Waals surface area contributed by atoms with E-state index in [9.17, 15) is 4.79 Å². The molecule has 3 aromatic heterocycles. The van der Waals surface area contributed by atoms with E-state index in [1.165, 1.54) is 6.33 Å². The summed E-state index contributed by atoms with van der Waals surface area (Å²) in [6.07, 6.45) is 2.29. The summed E-state index contributed by atoms with van der Waals surface area (Å²) in [4.78, 5) is 31.0. The highest BCUT2D eigenvalue weighted by Gasteiger charge is 2.21. The third-order valence-electron chi connectivity index (χ3n) is 6.63. The Morgan fingerprint density at radius 1 is 1.03 bits per heavy atom. The van der Waals surface area contributed by atoms with E-state index in [0.717, 1.165) is 54.0 Å². The minimum atomic E-state index is -0.245. The second-order valence-corrected chi connectivity index (χ2v) is 9.19. The van der Waals surface area contributed by atoms with Crippen molar-refractivity contribution in [3.05, 3.63) is 65.9 Å². The van der Waals surface area contributed by atoms with Crippen LogP contribution in [0.5, 0.6) is 0 Å². The van der Waals surface area contributed by atoms with Crippen molar-refractivity contribution in [2.75, 3.05) is 48.8 Å². The number of benzene rings is 1. The van der Waals surface area contributed by atoms with Gasteiger partial charge in [-0.25, -0.2) is 14.8 Å². The van der Waals surface area contributed by atoms with E-state index < -0.39 is 0 Å². The average molecular weight is 516 g/mol. The lowest BCUT2D eigenvalue weighted by Gasteiger charge is -2.24. The van der Waals surface area contributed by atoms with Crippen molar-refractivity contribution in [1.29, 1.82) is 0 Å². The van der Waals surface area contributed by atoms with Gasteiger partial charge in [-0.3, -0.25) is 14.6 Å². The molecule has 0 unspecified atom stereocenters. The van der Waals surface area contributed by atoms with Crippen molar-refractivity contribution in [1.82, 2.24) is 29.6 Å². The molecule has 200 valence electrons. The number of pyridine rings is 1. The molecule has 4 rings (SSSR count). The highest BCUT2D eigenvalue weighted by Crippen LogP contribution is 2.28. The molecule has 10 nitrogen and oxygen atoms in total. The molecule has 0 aliphatic carbocycles. The number of nitrogens with one attached hydrogen (secondary N) is 2. The SMILES string of the molecule is CCN(CC)CCCN(C(=O)Nc1cccc2c1c(C)nn2Cc1cccc(C)n1)c1cc(NC)ncn1. The Bertz CT molecular complexity index is 1380. The van der Waals surface area contributed by atoms with E-state index in [2.05, 4.69) is 44.3 Å². The highest BCUT2D eigenvalue weighted by molar-refractivity contribution is 6.07. The molecule has 2 N–H and O–H groups in total. The van der Waals surface area contributed by atoms with Gasteiger partial charge in [0.2, 0.25) is 0 Å². The second-order valence-electron chi connectivity index (χ2n) is 9.19. The molecule has 0 atom stereocenters. The smallest absolute Gasteiger partial charge is 0.327 e. The third kappa shape index (κ3) is 6.25. The Morgan fingerprint density at radius 2 is 1.82 bits per heavy atom. The van der Waals surface area contributed by atoms with Crippen LogP contribution in [0, 0.1) is 13.8 Å². The van der Waals surface area contributed by atoms with Gasteiger partial charge in [-0.1, -0.05) is 26.0 Å². The first-order valence-electron chi connectivity index (χ1n) is 13.1. The summed E-state index contributed by atoms with van der Waals surface area (Å²) in [6, 6.07) is 13.4. The van der Waals surface area contributed by atoms with Crippen LogP contribution in [0.4, 0.5) is 22.1 Å². The zero-order chi connectivity index (χ0) is 27.1. The molecular formula is C28H37N9O. The van der Waals surface area contributed by atoms with Gasteiger partial charge in [0.1, 0.15) is 18.0 Å². The van der Waals surface area contributed by atoms with Crippen LogP contribution in [0.25, 0.3) is 10.9 Å². The number of fused-ring (bicyclic) bond motifs is 1. The Balaban J connectivity index is 1.61. The molecule has 0 aliphatic rings. The molecule has 0 aliphatic heterocycles. The summed E-state index contributed by atoms with van der Waals surface area (Å²) in [7, 11) is 1.80. The lowest BCUT2D eigenvalue weighted by atomic mass is 10.1. The van der Waals surface area contributed by atoms with Crippen molar-refractivity contribution in [3.8, 4) is 0 Å². The van der Waals surface area contributed by atoms with E-state index in [4.69, 9.17) is 5.10 Å². The molecule has 0 spiro atoms. The van der Waals surface area contributed by atoms with Crippen molar-refractivity contribution < 1.29 is 4.79 Å². The van der Waals surface area contributed by atoms with Crippen LogP contribution in [0.1, 0.15) is 37.4 Å². The molecular weight excluding hydrogens is 478 g/mol. The zero-order valence-electron chi connectivity index (χ0n) is 22.9. The summed E-state index contributed by atoms with van der Waals surface area (Å²) in [5.74, 6) is 1.20. The Morgan fingerprint density at radius 3 is 2.55 bits per heavy atom. The molecule has 2 amide bonds. The van der Waals surface area contributed by atoms with Crippen LogP contribution in [0.2, 0.25) is 0 Å². The molecule has 0 bridgehead atoms. The predicted octanol–water partition coefficient (Wildman–Crippen LogP) is 4.70. The van der Waals surface area contributed by atoms with E-state index >= 15 is 0 Å². The van der Waals surface area contributed by atoms with E-state index in [-0.39, 0.29) is 6.03 Å². The van der Waals surface area contributed by atoms with Crippen LogP contribution >= 0.6 is 0 Å². The minimum Gasteiger partial charge on any atom is -0.373 e. The number of anilines is 3. The van der Waals surface area contributed by atoms with Gasteiger partial charge in [0.05, 0.1) is 29.1 Å². The summed E-state index contributed by atoms with van der Waals surface area (Å²) >= 11 is 0. The number of aromatic nitrogens is 5. The maximum Gasteiger partial charge on any atom is 0.327 e. The Labute approximate surface area is 224 Å².